The number of para-hydroxylation sites is 1. The molecule has 0 unspecified atom stereocenters. The van der Waals surface area contributed by atoms with Crippen molar-refractivity contribution in [2.24, 2.45) is 0 Å². The second-order valence-electron chi connectivity index (χ2n) is 5.25. The summed E-state index contributed by atoms with van der Waals surface area (Å²) in [5.41, 5.74) is 1.35. The van der Waals surface area contributed by atoms with E-state index < -0.39 is 5.63 Å². The van der Waals surface area contributed by atoms with Crippen LogP contribution in [0.3, 0.4) is 0 Å². The molecule has 1 N–H and O–H groups in total. The zero-order chi connectivity index (χ0) is 17.2. The number of nitrogens with one attached hydrogen (secondary N) is 1. The van der Waals surface area contributed by atoms with E-state index in [1.54, 1.807) is 19.2 Å². The fraction of sp³-hybridized carbons (Fsp3) is 0.0556. The monoisotopic (exact) mass is 351 g/mol. The first-order valence-corrected chi connectivity index (χ1v) is 8.32. The van der Waals surface area contributed by atoms with Crippen molar-refractivity contribution in [1.82, 2.24) is 10.2 Å². The highest BCUT2D eigenvalue weighted by Crippen LogP contribution is 2.29. The van der Waals surface area contributed by atoms with Crippen molar-refractivity contribution in [3.8, 4) is 16.3 Å². The molecule has 2 heterocycles. The molecule has 0 amide bonds. The fourth-order valence-corrected chi connectivity index (χ4v) is 3.19. The second kappa shape index (κ2) is 6.37. The van der Waals surface area contributed by atoms with Crippen LogP contribution in [0.15, 0.2) is 63.8 Å². The number of anilines is 2. The number of methoxy groups -OCH3 is 1. The molecule has 0 saturated carbocycles. The van der Waals surface area contributed by atoms with Crippen LogP contribution in [-0.2, 0) is 0 Å². The van der Waals surface area contributed by atoms with Crippen LogP contribution in [0.2, 0.25) is 0 Å². The Balaban J connectivity index is 1.67. The van der Waals surface area contributed by atoms with E-state index in [1.807, 2.05) is 42.5 Å². The maximum atomic E-state index is 12.2. The zero-order valence-electron chi connectivity index (χ0n) is 13.2. The molecule has 2 aromatic heterocycles. The van der Waals surface area contributed by atoms with Crippen LogP contribution in [0.1, 0.15) is 0 Å². The maximum Gasteiger partial charge on any atom is 0.346 e. The predicted molar refractivity (Wildman–Crippen MR) is 97.7 cm³/mol. The van der Waals surface area contributed by atoms with E-state index >= 15 is 0 Å². The second-order valence-corrected chi connectivity index (χ2v) is 6.23. The van der Waals surface area contributed by atoms with E-state index in [0.717, 1.165) is 16.8 Å². The van der Waals surface area contributed by atoms with Crippen molar-refractivity contribution in [3.63, 3.8) is 0 Å². The van der Waals surface area contributed by atoms with Crippen LogP contribution in [0, 0.1) is 0 Å². The van der Waals surface area contributed by atoms with Gasteiger partial charge >= 0.3 is 5.63 Å². The van der Waals surface area contributed by atoms with Crippen LogP contribution in [0.5, 0.6) is 5.75 Å². The Bertz CT molecular complexity index is 1100. The average molecular weight is 351 g/mol. The van der Waals surface area contributed by atoms with E-state index in [0.29, 0.717) is 21.3 Å². The van der Waals surface area contributed by atoms with Crippen molar-refractivity contribution < 1.29 is 9.15 Å². The number of benzene rings is 2. The first-order valence-electron chi connectivity index (χ1n) is 7.51. The summed E-state index contributed by atoms with van der Waals surface area (Å²) in [6, 6.07) is 16.6. The first kappa shape index (κ1) is 15.3. The summed E-state index contributed by atoms with van der Waals surface area (Å²) < 4.78 is 10.5. The minimum atomic E-state index is -0.428. The largest absolute Gasteiger partial charge is 0.497 e. The molecule has 0 aliphatic heterocycles. The lowest BCUT2D eigenvalue weighted by Gasteiger charge is -2.04. The number of aromatic nitrogens is 2. The van der Waals surface area contributed by atoms with Crippen LogP contribution in [0.25, 0.3) is 21.5 Å². The topological polar surface area (TPSA) is 77.2 Å². The molecule has 0 spiro atoms. The molecular weight excluding hydrogens is 338 g/mol. The van der Waals surface area contributed by atoms with Gasteiger partial charge in [-0.05, 0) is 24.3 Å². The number of ether oxygens (including phenoxy) is 1. The van der Waals surface area contributed by atoms with Gasteiger partial charge in [-0.1, -0.05) is 35.6 Å². The molecule has 0 saturated heterocycles. The molecule has 0 fully saturated rings. The van der Waals surface area contributed by atoms with Crippen molar-refractivity contribution in [3.05, 3.63) is 65.0 Å². The molecule has 0 aliphatic carbocycles. The van der Waals surface area contributed by atoms with Crippen LogP contribution >= 0.6 is 11.3 Å². The van der Waals surface area contributed by atoms with Gasteiger partial charge in [0.1, 0.15) is 11.3 Å². The van der Waals surface area contributed by atoms with E-state index in [1.165, 1.54) is 11.3 Å². The highest BCUT2D eigenvalue weighted by molar-refractivity contribution is 7.18. The lowest BCUT2D eigenvalue weighted by Crippen LogP contribution is -2.02. The smallest absolute Gasteiger partial charge is 0.346 e. The van der Waals surface area contributed by atoms with E-state index in [2.05, 4.69) is 15.5 Å². The van der Waals surface area contributed by atoms with Gasteiger partial charge in [0.2, 0.25) is 5.13 Å². The third kappa shape index (κ3) is 3.09. The highest BCUT2D eigenvalue weighted by atomic mass is 32.1. The summed E-state index contributed by atoms with van der Waals surface area (Å²) in [6.45, 7) is 0. The minimum absolute atomic E-state index is 0.398. The third-order valence-electron chi connectivity index (χ3n) is 3.62. The highest BCUT2D eigenvalue weighted by Gasteiger charge is 2.13. The quantitative estimate of drug-likeness (QED) is 0.559. The summed E-state index contributed by atoms with van der Waals surface area (Å²) in [5.74, 6) is 0.741. The molecule has 0 bridgehead atoms. The summed E-state index contributed by atoms with van der Waals surface area (Å²) in [7, 11) is 1.61. The SMILES string of the molecule is COc1cccc(Nc2nnc(-c3cc4ccccc4oc3=O)s2)c1. The Labute approximate surface area is 146 Å². The molecule has 0 aliphatic rings. The zero-order valence-corrected chi connectivity index (χ0v) is 14.0. The van der Waals surface area contributed by atoms with Crippen LogP contribution < -0.4 is 15.7 Å². The summed E-state index contributed by atoms with van der Waals surface area (Å²) >= 11 is 1.28. The Morgan fingerprint density at radius 2 is 1.96 bits per heavy atom. The van der Waals surface area contributed by atoms with Crippen LogP contribution in [-0.4, -0.2) is 17.3 Å². The van der Waals surface area contributed by atoms with Gasteiger partial charge in [0.25, 0.3) is 0 Å². The van der Waals surface area contributed by atoms with Gasteiger partial charge in [0, 0.05) is 17.1 Å². The maximum absolute atomic E-state index is 12.2. The van der Waals surface area contributed by atoms with Gasteiger partial charge in [0.15, 0.2) is 5.01 Å². The minimum Gasteiger partial charge on any atom is -0.497 e. The van der Waals surface area contributed by atoms with Gasteiger partial charge in [-0.3, -0.25) is 0 Å². The van der Waals surface area contributed by atoms with Crippen molar-refractivity contribution in [2.75, 3.05) is 12.4 Å². The van der Waals surface area contributed by atoms with Gasteiger partial charge in [-0.25, -0.2) is 4.79 Å². The van der Waals surface area contributed by atoms with Crippen LogP contribution in [0.4, 0.5) is 10.8 Å². The Morgan fingerprint density at radius 1 is 1.08 bits per heavy atom. The third-order valence-corrected chi connectivity index (χ3v) is 4.49. The van der Waals surface area contributed by atoms with Gasteiger partial charge in [0.05, 0.1) is 12.7 Å². The molecule has 6 nitrogen and oxygen atoms in total. The van der Waals surface area contributed by atoms with E-state index in [-0.39, 0.29) is 0 Å². The van der Waals surface area contributed by atoms with Gasteiger partial charge < -0.3 is 14.5 Å². The molecule has 0 atom stereocenters. The van der Waals surface area contributed by atoms with Crippen molar-refractivity contribution in [2.45, 2.75) is 0 Å². The molecule has 7 heteroatoms. The van der Waals surface area contributed by atoms with Crippen molar-refractivity contribution in [1.29, 1.82) is 0 Å². The number of fused-ring (bicyclic) bond motifs is 1. The standard InChI is InChI=1S/C18H13N3O3S/c1-23-13-7-4-6-12(10-13)19-18-21-20-16(25-18)14-9-11-5-2-3-8-15(11)24-17(14)22/h2-10H,1H3,(H,19,21). The van der Waals surface area contributed by atoms with Gasteiger partial charge in [-0.2, -0.15) is 0 Å². The Kier molecular flexibility index (Phi) is 3.91. The first-order chi connectivity index (χ1) is 12.2. The molecule has 124 valence electrons. The number of nitrogens with zero attached hydrogens (tertiary/aromatic N) is 2. The number of hydrogen-bond donors (Lipinski definition) is 1. The Hall–Kier alpha value is -3.19. The van der Waals surface area contributed by atoms with Crippen molar-refractivity contribution >= 4 is 33.1 Å². The molecule has 0 radical (unpaired) electrons. The van der Waals surface area contributed by atoms with E-state index in [4.69, 9.17) is 9.15 Å². The summed E-state index contributed by atoms with van der Waals surface area (Å²) in [4.78, 5) is 12.2. The number of rotatable bonds is 4. The molecule has 25 heavy (non-hydrogen) atoms. The lowest BCUT2D eigenvalue weighted by molar-refractivity contribution is 0.415. The molecule has 4 aromatic rings. The normalized spacial score (nSPS) is 10.8. The Morgan fingerprint density at radius 3 is 2.84 bits per heavy atom. The number of hydrogen-bond acceptors (Lipinski definition) is 7. The fourth-order valence-electron chi connectivity index (χ4n) is 2.42. The average Bonchev–Trinajstić information content (AvgIpc) is 3.09. The predicted octanol–water partition coefficient (Wildman–Crippen LogP) is 4.06. The lowest BCUT2D eigenvalue weighted by atomic mass is 10.2. The summed E-state index contributed by atoms with van der Waals surface area (Å²) in [5, 5.41) is 13.3. The molecule has 2 aromatic carbocycles. The van der Waals surface area contributed by atoms with E-state index in [9.17, 15) is 4.79 Å². The van der Waals surface area contributed by atoms with Gasteiger partial charge in [-0.15, -0.1) is 10.2 Å². The molecule has 4 rings (SSSR count). The summed E-state index contributed by atoms with van der Waals surface area (Å²) in [6.07, 6.45) is 0. The molecular formula is C18H13N3O3S.